The van der Waals surface area contributed by atoms with Crippen LogP contribution in [0.2, 0.25) is 0 Å². The fraction of sp³-hybridized carbons (Fsp3) is 0.316. The lowest BCUT2D eigenvalue weighted by Crippen LogP contribution is -2.38. The number of halogens is 1. The Balaban J connectivity index is 0.00000243. The lowest BCUT2D eigenvalue weighted by molar-refractivity contribution is 0.219. The minimum atomic E-state index is -0.00893. The molecule has 2 unspecified atom stereocenters. The maximum Gasteiger partial charge on any atom is 0.189 e. The number of ether oxygens (including phenoxy) is 3. The van der Waals surface area contributed by atoms with E-state index in [1.807, 2.05) is 49.4 Å². The lowest BCUT2D eigenvalue weighted by Gasteiger charge is -2.17. The highest BCUT2D eigenvalue weighted by molar-refractivity contribution is 14.0. The second-order valence-electron chi connectivity index (χ2n) is 5.87. The zero-order valence-corrected chi connectivity index (χ0v) is 17.4. The largest absolute Gasteiger partial charge is 0.493 e. The van der Waals surface area contributed by atoms with E-state index in [-0.39, 0.29) is 36.1 Å². The fourth-order valence-electron chi connectivity index (χ4n) is 2.92. The van der Waals surface area contributed by atoms with E-state index in [1.165, 1.54) is 0 Å². The SMILES string of the molecule is COc1ccc(CN=C(N)NC2c3ccccc3OC2C)cc1OC.I. The van der Waals surface area contributed by atoms with Crippen molar-refractivity contribution in [3.8, 4) is 17.2 Å². The van der Waals surface area contributed by atoms with Crippen molar-refractivity contribution in [1.82, 2.24) is 5.32 Å². The molecule has 0 aromatic heterocycles. The van der Waals surface area contributed by atoms with E-state index >= 15 is 0 Å². The van der Waals surface area contributed by atoms with Crippen molar-refractivity contribution in [3.05, 3.63) is 53.6 Å². The van der Waals surface area contributed by atoms with Crippen LogP contribution in [0.4, 0.5) is 0 Å². The smallest absolute Gasteiger partial charge is 0.189 e. The molecule has 3 rings (SSSR count). The number of rotatable bonds is 5. The van der Waals surface area contributed by atoms with Gasteiger partial charge in [-0.05, 0) is 30.7 Å². The van der Waals surface area contributed by atoms with E-state index in [4.69, 9.17) is 19.9 Å². The highest BCUT2D eigenvalue weighted by atomic mass is 127. The van der Waals surface area contributed by atoms with Gasteiger partial charge in [0.1, 0.15) is 11.9 Å². The van der Waals surface area contributed by atoms with Crippen LogP contribution in [0.15, 0.2) is 47.5 Å². The molecule has 1 aliphatic rings. The molecule has 0 bridgehead atoms. The Kier molecular flexibility index (Phi) is 6.96. The van der Waals surface area contributed by atoms with Gasteiger partial charge in [-0.15, -0.1) is 24.0 Å². The van der Waals surface area contributed by atoms with E-state index < -0.39 is 0 Å². The van der Waals surface area contributed by atoms with E-state index in [1.54, 1.807) is 14.2 Å². The molecule has 1 aliphatic heterocycles. The van der Waals surface area contributed by atoms with Gasteiger partial charge in [0.15, 0.2) is 17.5 Å². The maximum absolute atomic E-state index is 6.07. The Morgan fingerprint density at radius 1 is 1.15 bits per heavy atom. The van der Waals surface area contributed by atoms with E-state index in [9.17, 15) is 0 Å². The molecule has 0 amide bonds. The monoisotopic (exact) mass is 469 g/mol. The number of nitrogens with one attached hydrogen (secondary N) is 1. The molecule has 0 radical (unpaired) electrons. The third kappa shape index (κ3) is 4.32. The van der Waals surface area contributed by atoms with Crippen molar-refractivity contribution < 1.29 is 14.2 Å². The zero-order valence-electron chi connectivity index (χ0n) is 15.1. The molecular weight excluding hydrogens is 445 g/mol. The predicted octanol–water partition coefficient (Wildman–Crippen LogP) is 3.25. The summed E-state index contributed by atoms with van der Waals surface area (Å²) in [5.74, 6) is 2.63. The van der Waals surface area contributed by atoms with Crippen LogP contribution in [0.1, 0.15) is 24.1 Å². The second-order valence-corrected chi connectivity index (χ2v) is 5.87. The van der Waals surface area contributed by atoms with Crippen molar-refractivity contribution in [2.45, 2.75) is 25.6 Å². The number of aliphatic imine (C=N–C) groups is 1. The summed E-state index contributed by atoms with van der Waals surface area (Å²) >= 11 is 0. The number of para-hydroxylation sites is 1. The standard InChI is InChI=1S/C19H23N3O3.HI/c1-12-18(14-6-4-5-7-15(14)25-12)22-19(20)21-11-13-8-9-16(23-2)17(10-13)24-3;/h4-10,12,18H,11H2,1-3H3,(H3,20,21,22);1H. The van der Waals surface area contributed by atoms with Crippen molar-refractivity contribution in [1.29, 1.82) is 0 Å². The molecule has 1 heterocycles. The predicted molar refractivity (Wildman–Crippen MR) is 113 cm³/mol. The van der Waals surface area contributed by atoms with Gasteiger partial charge in [0.05, 0.1) is 26.8 Å². The minimum Gasteiger partial charge on any atom is -0.493 e. The van der Waals surface area contributed by atoms with E-state index in [0.29, 0.717) is 24.0 Å². The highest BCUT2D eigenvalue weighted by Crippen LogP contribution is 2.36. The quantitative estimate of drug-likeness (QED) is 0.400. The van der Waals surface area contributed by atoms with Gasteiger partial charge in [0.2, 0.25) is 0 Å². The second kappa shape index (κ2) is 8.98. The molecule has 7 heteroatoms. The Hall–Kier alpha value is -2.16. The summed E-state index contributed by atoms with van der Waals surface area (Å²) in [5, 5.41) is 3.25. The number of benzene rings is 2. The van der Waals surface area contributed by atoms with Crippen molar-refractivity contribution >= 4 is 29.9 Å². The highest BCUT2D eigenvalue weighted by Gasteiger charge is 2.31. The molecule has 2 atom stereocenters. The maximum atomic E-state index is 6.07. The van der Waals surface area contributed by atoms with Crippen LogP contribution in [-0.4, -0.2) is 26.3 Å². The van der Waals surface area contributed by atoms with Crippen molar-refractivity contribution in [2.24, 2.45) is 10.7 Å². The molecule has 140 valence electrons. The first-order chi connectivity index (χ1) is 12.1. The number of nitrogens with two attached hydrogens (primary N) is 1. The van der Waals surface area contributed by atoms with Crippen LogP contribution in [0.5, 0.6) is 17.2 Å². The molecule has 2 aromatic carbocycles. The first-order valence-electron chi connectivity index (χ1n) is 8.15. The van der Waals surface area contributed by atoms with Gasteiger partial charge in [-0.2, -0.15) is 0 Å². The van der Waals surface area contributed by atoms with Crippen LogP contribution >= 0.6 is 24.0 Å². The van der Waals surface area contributed by atoms with Crippen LogP contribution in [0, 0.1) is 0 Å². The van der Waals surface area contributed by atoms with Crippen LogP contribution in [-0.2, 0) is 6.54 Å². The third-order valence-corrected chi connectivity index (χ3v) is 4.22. The van der Waals surface area contributed by atoms with Gasteiger partial charge >= 0.3 is 0 Å². The Morgan fingerprint density at radius 2 is 1.88 bits per heavy atom. The zero-order chi connectivity index (χ0) is 17.8. The topological polar surface area (TPSA) is 78.1 Å². The summed E-state index contributed by atoms with van der Waals surface area (Å²) < 4.78 is 16.4. The number of nitrogens with zero attached hydrogens (tertiary/aromatic N) is 1. The summed E-state index contributed by atoms with van der Waals surface area (Å²) in [5.41, 5.74) is 8.16. The average molecular weight is 469 g/mol. The summed E-state index contributed by atoms with van der Waals surface area (Å²) in [4.78, 5) is 4.43. The molecular formula is C19H24IN3O3. The van der Waals surface area contributed by atoms with Crippen molar-refractivity contribution in [2.75, 3.05) is 14.2 Å². The molecule has 0 saturated carbocycles. The first-order valence-corrected chi connectivity index (χ1v) is 8.15. The number of hydrogen-bond acceptors (Lipinski definition) is 4. The molecule has 0 aliphatic carbocycles. The average Bonchev–Trinajstić information content (AvgIpc) is 2.95. The van der Waals surface area contributed by atoms with E-state index in [0.717, 1.165) is 16.9 Å². The number of fused-ring (bicyclic) bond motifs is 1. The number of hydrogen-bond donors (Lipinski definition) is 2. The van der Waals surface area contributed by atoms with Crippen LogP contribution < -0.4 is 25.3 Å². The van der Waals surface area contributed by atoms with Crippen LogP contribution in [0.25, 0.3) is 0 Å². The molecule has 0 saturated heterocycles. The van der Waals surface area contributed by atoms with Gasteiger partial charge in [-0.25, -0.2) is 4.99 Å². The van der Waals surface area contributed by atoms with Gasteiger partial charge in [0, 0.05) is 5.56 Å². The molecule has 0 spiro atoms. The van der Waals surface area contributed by atoms with Gasteiger partial charge in [0.25, 0.3) is 0 Å². The third-order valence-electron chi connectivity index (χ3n) is 4.22. The van der Waals surface area contributed by atoms with Gasteiger partial charge < -0.3 is 25.3 Å². The Bertz CT molecular complexity index is 782. The Morgan fingerprint density at radius 3 is 2.62 bits per heavy atom. The fourth-order valence-corrected chi connectivity index (χ4v) is 2.92. The summed E-state index contributed by atoms with van der Waals surface area (Å²) in [6.07, 6.45) is -0.00719. The summed E-state index contributed by atoms with van der Waals surface area (Å²) in [6.45, 7) is 2.46. The lowest BCUT2D eigenvalue weighted by atomic mass is 10.1. The van der Waals surface area contributed by atoms with Gasteiger partial charge in [-0.1, -0.05) is 24.3 Å². The molecule has 26 heavy (non-hydrogen) atoms. The number of methoxy groups -OCH3 is 2. The van der Waals surface area contributed by atoms with E-state index in [2.05, 4.69) is 10.3 Å². The molecule has 2 aromatic rings. The molecule has 3 N–H and O–H groups in total. The van der Waals surface area contributed by atoms with Crippen LogP contribution in [0.3, 0.4) is 0 Å². The molecule has 0 fully saturated rings. The summed E-state index contributed by atoms with van der Waals surface area (Å²) in [6, 6.07) is 13.6. The first kappa shape index (κ1) is 20.2. The minimum absolute atomic E-state index is 0. The number of guanidine groups is 1. The Labute approximate surface area is 170 Å². The normalized spacial score (nSPS) is 18.3. The molecule has 6 nitrogen and oxygen atoms in total. The van der Waals surface area contributed by atoms with Gasteiger partial charge in [-0.3, -0.25) is 0 Å². The summed E-state index contributed by atoms with van der Waals surface area (Å²) in [7, 11) is 3.22. The van der Waals surface area contributed by atoms with Crippen molar-refractivity contribution in [3.63, 3.8) is 0 Å².